The largest absolute Gasteiger partial charge is 0.493 e. The van der Waals surface area contributed by atoms with Crippen LogP contribution in [0.4, 0.5) is 5.13 Å². The SMILES string of the molecule is CCOc1ccc(C(=O)Nc2nc(-c3ccc(C)cc3C)cs2)cc1OC. The van der Waals surface area contributed by atoms with Crippen LogP contribution in [0.15, 0.2) is 41.8 Å². The molecule has 3 rings (SSSR count). The molecule has 0 unspecified atom stereocenters. The number of carbonyl (C=O) groups excluding carboxylic acids is 1. The van der Waals surface area contributed by atoms with E-state index in [4.69, 9.17) is 9.47 Å². The van der Waals surface area contributed by atoms with Gasteiger partial charge in [0, 0.05) is 16.5 Å². The van der Waals surface area contributed by atoms with E-state index in [1.807, 2.05) is 12.3 Å². The van der Waals surface area contributed by atoms with Gasteiger partial charge in [-0.25, -0.2) is 4.98 Å². The highest BCUT2D eigenvalue weighted by Gasteiger charge is 2.14. The summed E-state index contributed by atoms with van der Waals surface area (Å²) < 4.78 is 10.8. The van der Waals surface area contributed by atoms with Gasteiger partial charge in [-0.1, -0.05) is 23.8 Å². The number of thiazole rings is 1. The normalized spacial score (nSPS) is 10.5. The number of hydrogen-bond donors (Lipinski definition) is 1. The van der Waals surface area contributed by atoms with Gasteiger partial charge in [0.25, 0.3) is 5.91 Å². The van der Waals surface area contributed by atoms with Crippen LogP contribution < -0.4 is 14.8 Å². The van der Waals surface area contributed by atoms with Gasteiger partial charge in [0.2, 0.25) is 0 Å². The summed E-state index contributed by atoms with van der Waals surface area (Å²) >= 11 is 1.40. The molecule has 3 aromatic rings. The summed E-state index contributed by atoms with van der Waals surface area (Å²) in [7, 11) is 1.55. The zero-order valence-corrected chi connectivity index (χ0v) is 16.6. The molecule has 2 aromatic carbocycles. The molecule has 5 nitrogen and oxygen atoms in total. The number of anilines is 1. The summed E-state index contributed by atoms with van der Waals surface area (Å²) in [4.78, 5) is 17.1. The van der Waals surface area contributed by atoms with Gasteiger partial charge >= 0.3 is 0 Å². The van der Waals surface area contributed by atoms with Crippen LogP contribution >= 0.6 is 11.3 Å². The Morgan fingerprint density at radius 2 is 1.96 bits per heavy atom. The minimum atomic E-state index is -0.238. The molecular weight excluding hydrogens is 360 g/mol. The molecule has 140 valence electrons. The van der Waals surface area contributed by atoms with Crippen LogP contribution in [-0.2, 0) is 0 Å². The highest BCUT2D eigenvalue weighted by Crippen LogP contribution is 2.30. The van der Waals surface area contributed by atoms with Crippen molar-refractivity contribution in [2.45, 2.75) is 20.8 Å². The van der Waals surface area contributed by atoms with Crippen LogP contribution in [0.3, 0.4) is 0 Å². The molecule has 0 radical (unpaired) electrons. The molecule has 0 aliphatic rings. The minimum Gasteiger partial charge on any atom is -0.493 e. The Morgan fingerprint density at radius 1 is 1.15 bits per heavy atom. The number of carbonyl (C=O) groups is 1. The summed E-state index contributed by atoms with van der Waals surface area (Å²) in [5.74, 6) is 0.903. The quantitative estimate of drug-likeness (QED) is 0.645. The molecule has 1 heterocycles. The molecule has 1 N–H and O–H groups in total. The third kappa shape index (κ3) is 4.28. The lowest BCUT2D eigenvalue weighted by molar-refractivity contribution is 0.102. The maximum Gasteiger partial charge on any atom is 0.257 e. The first-order valence-corrected chi connectivity index (χ1v) is 9.55. The number of aromatic nitrogens is 1. The lowest BCUT2D eigenvalue weighted by Gasteiger charge is -2.10. The third-order valence-corrected chi connectivity index (χ3v) is 4.87. The van der Waals surface area contributed by atoms with Crippen molar-refractivity contribution in [2.24, 2.45) is 0 Å². The van der Waals surface area contributed by atoms with E-state index in [0.717, 1.165) is 16.8 Å². The van der Waals surface area contributed by atoms with E-state index in [-0.39, 0.29) is 5.91 Å². The molecule has 0 saturated heterocycles. The van der Waals surface area contributed by atoms with E-state index in [1.54, 1.807) is 25.3 Å². The average molecular weight is 382 g/mol. The molecule has 0 bridgehead atoms. The second-order valence-corrected chi connectivity index (χ2v) is 6.97. The Balaban J connectivity index is 1.78. The van der Waals surface area contributed by atoms with Crippen molar-refractivity contribution in [2.75, 3.05) is 19.0 Å². The van der Waals surface area contributed by atoms with Crippen molar-refractivity contribution in [1.82, 2.24) is 4.98 Å². The van der Waals surface area contributed by atoms with E-state index in [9.17, 15) is 4.79 Å². The van der Waals surface area contributed by atoms with Crippen molar-refractivity contribution in [3.05, 3.63) is 58.5 Å². The molecule has 6 heteroatoms. The molecule has 0 aliphatic carbocycles. The van der Waals surface area contributed by atoms with Crippen molar-refractivity contribution in [1.29, 1.82) is 0 Å². The number of amides is 1. The summed E-state index contributed by atoms with van der Waals surface area (Å²) in [5.41, 5.74) is 4.79. The number of methoxy groups -OCH3 is 1. The van der Waals surface area contributed by atoms with Crippen LogP contribution in [0.5, 0.6) is 11.5 Å². The first-order valence-electron chi connectivity index (χ1n) is 8.67. The summed E-state index contributed by atoms with van der Waals surface area (Å²) in [6.45, 7) is 6.55. The average Bonchev–Trinajstić information content (AvgIpc) is 3.10. The zero-order valence-electron chi connectivity index (χ0n) is 15.8. The monoisotopic (exact) mass is 382 g/mol. The van der Waals surface area contributed by atoms with Crippen LogP contribution in [0.2, 0.25) is 0 Å². The van der Waals surface area contributed by atoms with Crippen molar-refractivity contribution >= 4 is 22.4 Å². The fourth-order valence-corrected chi connectivity index (χ4v) is 3.51. The second-order valence-electron chi connectivity index (χ2n) is 6.11. The van der Waals surface area contributed by atoms with Gasteiger partial charge in [-0.05, 0) is 44.5 Å². The van der Waals surface area contributed by atoms with Crippen molar-refractivity contribution in [3.63, 3.8) is 0 Å². The van der Waals surface area contributed by atoms with Crippen LogP contribution in [0.25, 0.3) is 11.3 Å². The van der Waals surface area contributed by atoms with Crippen LogP contribution in [0, 0.1) is 13.8 Å². The minimum absolute atomic E-state index is 0.238. The molecule has 27 heavy (non-hydrogen) atoms. The van der Waals surface area contributed by atoms with Gasteiger partial charge in [0.1, 0.15) is 0 Å². The number of benzene rings is 2. The van der Waals surface area contributed by atoms with Crippen molar-refractivity contribution in [3.8, 4) is 22.8 Å². The molecule has 0 aliphatic heterocycles. The highest BCUT2D eigenvalue weighted by atomic mass is 32.1. The van der Waals surface area contributed by atoms with Gasteiger partial charge in [-0.3, -0.25) is 10.1 Å². The predicted octanol–water partition coefficient (Wildman–Crippen LogP) is 5.09. The molecule has 0 saturated carbocycles. The lowest BCUT2D eigenvalue weighted by atomic mass is 10.0. The van der Waals surface area contributed by atoms with Gasteiger partial charge in [0.05, 0.1) is 19.4 Å². The number of rotatable bonds is 6. The Labute approximate surface area is 163 Å². The highest BCUT2D eigenvalue weighted by molar-refractivity contribution is 7.14. The molecule has 1 aromatic heterocycles. The first-order chi connectivity index (χ1) is 13.0. The Kier molecular flexibility index (Phi) is 5.76. The molecule has 0 fully saturated rings. The summed E-state index contributed by atoms with van der Waals surface area (Å²) in [6, 6.07) is 11.4. The van der Waals surface area contributed by atoms with Gasteiger partial charge in [-0.15, -0.1) is 11.3 Å². The third-order valence-electron chi connectivity index (χ3n) is 4.11. The summed E-state index contributed by atoms with van der Waals surface area (Å²) in [5, 5.41) is 5.36. The molecular formula is C21H22N2O3S. The fourth-order valence-electron chi connectivity index (χ4n) is 2.81. The summed E-state index contributed by atoms with van der Waals surface area (Å²) in [6.07, 6.45) is 0. The van der Waals surface area contributed by atoms with E-state index >= 15 is 0 Å². The number of nitrogens with one attached hydrogen (secondary N) is 1. The Morgan fingerprint density at radius 3 is 2.67 bits per heavy atom. The van der Waals surface area contributed by atoms with E-state index in [1.165, 1.54) is 16.9 Å². The van der Waals surface area contributed by atoms with Gasteiger partial charge in [0.15, 0.2) is 16.6 Å². The van der Waals surface area contributed by atoms with E-state index < -0.39 is 0 Å². The Hall–Kier alpha value is -2.86. The molecule has 1 amide bonds. The smallest absolute Gasteiger partial charge is 0.257 e. The number of hydrogen-bond acceptors (Lipinski definition) is 5. The van der Waals surface area contributed by atoms with Crippen LogP contribution in [0.1, 0.15) is 28.4 Å². The maximum atomic E-state index is 12.6. The standard InChI is InChI=1S/C21H22N2O3S/c1-5-26-18-9-7-15(11-19(18)25-4)20(24)23-21-22-17(12-27-21)16-8-6-13(2)10-14(16)3/h6-12H,5H2,1-4H3,(H,22,23,24). The second kappa shape index (κ2) is 8.22. The number of aryl methyl sites for hydroxylation is 2. The van der Waals surface area contributed by atoms with Crippen molar-refractivity contribution < 1.29 is 14.3 Å². The maximum absolute atomic E-state index is 12.6. The lowest BCUT2D eigenvalue weighted by Crippen LogP contribution is -2.12. The first kappa shape index (κ1) is 18.9. The number of nitrogens with zero attached hydrogens (tertiary/aromatic N) is 1. The topological polar surface area (TPSA) is 60.5 Å². The van der Waals surface area contributed by atoms with Gasteiger partial charge in [-0.2, -0.15) is 0 Å². The van der Waals surface area contributed by atoms with E-state index in [2.05, 4.69) is 42.3 Å². The molecule has 0 spiro atoms. The number of ether oxygens (including phenoxy) is 2. The fraction of sp³-hybridized carbons (Fsp3) is 0.238. The van der Waals surface area contributed by atoms with Gasteiger partial charge < -0.3 is 9.47 Å². The molecule has 0 atom stereocenters. The van der Waals surface area contributed by atoms with E-state index in [0.29, 0.717) is 28.8 Å². The zero-order chi connectivity index (χ0) is 19.4. The predicted molar refractivity (Wildman–Crippen MR) is 109 cm³/mol. The Bertz CT molecular complexity index is 966. The van der Waals surface area contributed by atoms with Crippen LogP contribution in [-0.4, -0.2) is 24.6 Å².